The van der Waals surface area contributed by atoms with E-state index in [1.165, 1.54) is 6.07 Å². The van der Waals surface area contributed by atoms with Gasteiger partial charge in [0.2, 0.25) is 5.75 Å². The number of para-hydroxylation sites is 1. The molecule has 0 bridgehead atoms. The lowest BCUT2D eigenvalue weighted by molar-refractivity contribution is -0.287. The molecule has 0 fully saturated rings. The number of alkyl halides is 2. The van der Waals surface area contributed by atoms with Crippen LogP contribution in [0.1, 0.15) is 11.1 Å². The number of benzene rings is 4. The predicted octanol–water partition coefficient (Wildman–Crippen LogP) is 6.82. The van der Waals surface area contributed by atoms with Crippen molar-refractivity contribution in [2.75, 3.05) is 0 Å². The monoisotopic (exact) mass is 556 g/mol. The molecule has 0 spiro atoms. The molecule has 0 saturated heterocycles. The molecule has 4 aromatic carbocycles. The number of ether oxygens (including phenoxy) is 3. The maximum absolute atomic E-state index is 15.1. The van der Waals surface area contributed by atoms with Gasteiger partial charge in [-0.3, -0.25) is 0 Å². The van der Waals surface area contributed by atoms with Crippen LogP contribution in [0.25, 0.3) is 0 Å². The first-order valence-electron chi connectivity index (χ1n) is 10.8. The number of aryl methyl sites for hydroxylation is 2. The molecule has 0 atom stereocenters. The van der Waals surface area contributed by atoms with Crippen molar-refractivity contribution in [3.05, 3.63) is 101 Å². The Balaban J connectivity index is 1.78. The lowest BCUT2D eigenvalue weighted by Crippen LogP contribution is -2.27. The number of hydrogen-bond donors (Lipinski definition) is 0. The third-order valence-electron chi connectivity index (χ3n) is 5.67. The summed E-state index contributed by atoms with van der Waals surface area (Å²) >= 11 is 3.40. The minimum atomic E-state index is -3.89. The first-order valence-corrected chi connectivity index (χ1v) is 13.3. The van der Waals surface area contributed by atoms with Crippen LogP contribution in [0.5, 0.6) is 23.0 Å². The Kier molecular flexibility index (Phi) is 5.94. The van der Waals surface area contributed by atoms with E-state index in [2.05, 4.69) is 15.9 Å². The summed E-state index contributed by atoms with van der Waals surface area (Å²) < 4.78 is 59.2. The molecule has 4 aromatic rings. The fourth-order valence-electron chi connectivity index (χ4n) is 3.88. The molecule has 1 aliphatic rings. The third-order valence-corrected chi connectivity index (χ3v) is 9.84. The highest BCUT2D eigenvalue weighted by atomic mass is 79.9. The average molecular weight is 557 g/mol. The molecule has 0 aliphatic carbocycles. The number of hydrogen-bond acceptors (Lipinski definition) is 4. The average Bonchev–Trinajstić information content (AvgIpc) is 3.18. The molecule has 4 nitrogen and oxygen atoms in total. The van der Waals surface area contributed by atoms with Crippen LogP contribution in [0.2, 0.25) is 0 Å². The van der Waals surface area contributed by atoms with Crippen molar-refractivity contribution in [1.82, 2.24) is 0 Å². The molecule has 0 aromatic heterocycles. The lowest BCUT2D eigenvalue weighted by atomic mass is 10.2. The van der Waals surface area contributed by atoms with Crippen LogP contribution in [-0.2, 0) is 4.57 Å². The van der Waals surface area contributed by atoms with Gasteiger partial charge in [-0.25, -0.2) is 0 Å². The SMILES string of the molecule is Cc1ccc(P(=O)(c2ccc(C)cc2)c2cc(Oc3ccccc3)c3c(c2Br)OC(F)(F)O3)cc1. The van der Waals surface area contributed by atoms with Crippen LogP contribution >= 0.6 is 23.1 Å². The number of halogens is 3. The molecule has 5 rings (SSSR count). The van der Waals surface area contributed by atoms with Crippen molar-refractivity contribution < 1.29 is 27.6 Å². The normalized spacial score (nSPS) is 14.1. The molecule has 8 heteroatoms. The van der Waals surface area contributed by atoms with Crippen molar-refractivity contribution in [2.45, 2.75) is 20.1 Å². The van der Waals surface area contributed by atoms with Gasteiger partial charge >= 0.3 is 6.29 Å². The number of rotatable bonds is 5. The summed E-state index contributed by atoms with van der Waals surface area (Å²) in [4.78, 5) is 0. The Morgan fingerprint density at radius 3 is 1.86 bits per heavy atom. The fraction of sp³-hybridized carbons (Fsp3) is 0.111. The van der Waals surface area contributed by atoms with E-state index in [-0.39, 0.29) is 27.0 Å². The molecule has 1 heterocycles. The second-order valence-corrected chi connectivity index (χ2v) is 11.8. The standard InChI is InChI=1S/C27H20BrF2O4P/c1-17-8-12-20(13-9-17)35(31,21-14-10-18(2)11-15-21)23-16-22(32-19-6-4-3-5-7-19)25-26(24(23)28)34-27(29,30)33-25/h3-16H,1-2H3. The zero-order valence-corrected chi connectivity index (χ0v) is 21.3. The Labute approximate surface area is 210 Å². The highest BCUT2D eigenvalue weighted by Gasteiger charge is 2.48. The molecule has 0 amide bonds. The second kappa shape index (κ2) is 8.81. The van der Waals surface area contributed by atoms with Gasteiger partial charge in [-0.15, -0.1) is 8.78 Å². The maximum Gasteiger partial charge on any atom is 0.586 e. The van der Waals surface area contributed by atoms with Crippen LogP contribution in [0.3, 0.4) is 0 Å². The van der Waals surface area contributed by atoms with E-state index in [0.717, 1.165) is 11.1 Å². The first kappa shape index (κ1) is 23.6. The Morgan fingerprint density at radius 2 is 1.31 bits per heavy atom. The smallest absolute Gasteiger partial charge is 0.453 e. The van der Waals surface area contributed by atoms with E-state index >= 15 is 4.57 Å². The summed E-state index contributed by atoms with van der Waals surface area (Å²) in [5.74, 6) is -0.157. The van der Waals surface area contributed by atoms with Gasteiger partial charge in [0.1, 0.15) is 5.75 Å². The van der Waals surface area contributed by atoms with Gasteiger partial charge in [0.15, 0.2) is 18.6 Å². The Hall–Kier alpha value is -3.15. The summed E-state index contributed by atoms with van der Waals surface area (Å²) in [7, 11) is -3.57. The van der Waals surface area contributed by atoms with Crippen molar-refractivity contribution in [2.24, 2.45) is 0 Å². The van der Waals surface area contributed by atoms with E-state index in [4.69, 9.17) is 14.2 Å². The molecular weight excluding hydrogens is 537 g/mol. The highest BCUT2D eigenvalue weighted by molar-refractivity contribution is 9.10. The zero-order chi connectivity index (χ0) is 24.8. The van der Waals surface area contributed by atoms with Gasteiger partial charge in [0.25, 0.3) is 0 Å². The second-order valence-electron chi connectivity index (χ2n) is 8.23. The van der Waals surface area contributed by atoms with Crippen molar-refractivity contribution in [1.29, 1.82) is 0 Å². The molecule has 0 radical (unpaired) electrons. The van der Waals surface area contributed by atoms with Gasteiger partial charge < -0.3 is 18.8 Å². The zero-order valence-electron chi connectivity index (χ0n) is 18.8. The quantitative estimate of drug-likeness (QED) is 0.253. The Morgan fingerprint density at radius 1 is 0.800 bits per heavy atom. The topological polar surface area (TPSA) is 44.8 Å². The third kappa shape index (κ3) is 4.35. The molecule has 35 heavy (non-hydrogen) atoms. The van der Waals surface area contributed by atoms with E-state index in [1.807, 2.05) is 38.1 Å². The van der Waals surface area contributed by atoms with Crippen molar-refractivity contribution >= 4 is 39.0 Å². The van der Waals surface area contributed by atoms with Crippen LogP contribution in [-0.4, -0.2) is 6.29 Å². The number of fused-ring (bicyclic) bond motifs is 1. The minimum Gasteiger partial charge on any atom is -0.453 e. The molecular formula is C27H20BrF2O4P. The molecule has 0 unspecified atom stereocenters. The molecule has 0 N–H and O–H groups in total. The van der Waals surface area contributed by atoms with E-state index in [0.29, 0.717) is 16.4 Å². The van der Waals surface area contributed by atoms with Crippen molar-refractivity contribution in [3.8, 4) is 23.0 Å². The van der Waals surface area contributed by atoms with Crippen molar-refractivity contribution in [3.63, 3.8) is 0 Å². The minimum absolute atomic E-state index is 0.0268. The van der Waals surface area contributed by atoms with Crippen LogP contribution in [0.4, 0.5) is 8.78 Å². The lowest BCUT2D eigenvalue weighted by Gasteiger charge is -2.23. The summed E-state index contributed by atoms with van der Waals surface area (Å²) in [5.41, 5.74) is 2.00. The summed E-state index contributed by atoms with van der Waals surface area (Å²) in [6.45, 7) is 3.87. The molecule has 178 valence electrons. The van der Waals surface area contributed by atoms with Gasteiger partial charge in [-0.05, 0) is 48.0 Å². The van der Waals surface area contributed by atoms with Crippen LogP contribution < -0.4 is 30.1 Å². The highest BCUT2D eigenvalue weighted by Crippen LogP contribution is 2.56. The largest absolute Gasteiger partial charge is 0.586 e. The van der Waals surface area contributed by atoms with Crippen LogP contribution in [0, 0.1) is 13.8 Å². The van der Waals surface area contributed by atoms with Gasteiger partial charge in [0, 0.05) is 15.9 Å². The fourth-order valence-corrected chi connectivity index (χ4v) is 7.68. The van der Waals surface area contributed by atoms with Gasteiger partial charge in [-0.1, -0.05) is 77.9 Å². The summed E-state index contributed by atoms with van der Waals surface area (Å²) in [6.07, 6.45) is -3.89. The maximum atomic E-state index is 15.1. The molecule has 0 saturated carbocycles. The van der Waals surface area contributed by atoms with Gasteiger partial charge in [0.05, 0.1) is 4.47 Å². The first-order chi connectivity index (χ1) is 16.7. The Bertz CT molecular complexity index is 1390. The van der Waals surface area contributed by atoms with Gasteiger partial charge in [-0.2, -0.15) is 0 Å². The predicted molar refractivity (Wildman–Crippen MR) is 136 cm³/mol. The molecule has 1 aliphatic heterocycles. The van der Waals surface area contributed by atoms with E-state index in [1.54, 1.807) is 54.6 Å². The van der Waals surface area contributed by atoms with Crippen LogP contribution in [0.15, 0.2) is 89.4 Å². The summed E-state index contributed by atoms with van der Waals surface area (Å²) in [6, 6.07) is 24.8. The van der Waals surface area contributed by atoms with E-state index in [9.17, 15) is 8.78 Å². The summed E-state index contributed by atoms with van der Waals surface area (Å²) in [5, 5.41) is 1.35. The van der Waals surface area contributed by atoms with E-state index < -0.39 is 13.4 Å².